The van der Waals surface area contributed by atoms with E-state index in [0.29, 0.717) is 5.02 Å². The molecule has 1 aliphatic carbocycles. The van der Waals surface area contributed by atoms with Gasteiger partial charge in [0.1, 0.15) is 12.6 Å². The zero-order chi connectivity index (χ0) is 13.5. The molecule has 1 fully saturated rings. The van der Waals surface area contributed by atoms with Crippen molar-refractivity contribution in [1.82, 2.24) is 0 Å². The second-order valence-electron chi connectivity index (χ2n) is 4.97. The number of benzene rings is 1. The number of nitrogens with one attached hydrogen (secondary N) is 1. The summed E-state index contributed by atoms with van der Waals surface area (Å²) in [6, 6.07) is 7.32. The van der Waals surface area contributed by atoms with Gasteiger partial charge in [-0.25, -0.2) is 0 Å². The first kappa shape index (κ1) is 14.2. The zero-order valence-electron chi connectivity index (χ0n) is 11.0. The summed E-state index contributed by atoms with van der Waals surface area (Å²) < 4.78 is 5.49. The zero-order valence-corrected chi connectivity index (χ0v) is 11.8. The fourth-order valence-corrected chi connectivity index (χ4v) is 2.55. The molecule has 0 radical (unpaired) electrons. The van der Waals surface area contributed by atoms with Crippen LogP contribution in [-0.2, 0) is 9.53 Å². The summed E-state index contributed by atoms with van der Waals surface area (Å²) >= 11 is 5.88. The molecule has 0 aromatic heterocycles. The topological polar surface area (TPSA) is 38.3 Å². The number of carbonyl (C=O) groups excluding carboxylic acids is 1. The van der Waals surface area contributed by atoms with Gasteiger partial charge in [-0.15, -0.1) is 0 Å². The third kappa shape index (κ3) is 5.11. The molecular formula is C15H20ClNO2. The largest absolute Gasteiger partial charge is 0.461 e. The molecule has 19 heavy (non-hydrogen) atoms. The Hall–Kier alpha value is -1.22. The van der Waals surface area contributed by atoms with Crippen molar-refractivity contribution in [2.24, 2.45) is 0 Å². The van der Waals surface area contributed by atoms with Crippen molar-refractivity contribution in [2.45, 2.75) is 44.6 Å². The molecule has 0 amide bonds. The van der Waals surface area contributed by atoms with Crippen LogP contribution >= 0.6 is 11.6 Å². The Kier molecular flexibility index (Phi) is 5.52. The summed E-state index contributed by atoms with van der Waals surface area (Å²) in [4.78, 5) is 11.8. The van der Waals surface area contributed by atoms with Gasteiger partial charge in [-0.1, -0.05) is 30.5 Å². The molecule has 1 aromatic carbocycles. The van der Waals surface area contributed by atoms with E-state index in [0.717, 1.165) is 18.5 Å². The number of anilines is 1. The molecule has 0 saturated heterocycles. The lowest BCUT2D eigenvalue weighted by molar-refractivity contribution is -0.147. The van der Waals surface area contributed by atoms with Crippen LogP contribution in [0.5, 0.6) is 0 Å². The molecule has 3 nitrogen and oxygen atoms in total. The molecule has 2 rings (SSSR count). The second-order valence-corrected chi connectivity index (χ2v) is 5.40. The monoisotopic (exact) mass is 281 g/mol. The molecule has 104 valence electrons. The van der Waals surface area contributed by atoms with Crippen molar-refractivity contribution >= 4 is 23.3 Å². The van der Waals surface area contributed by atoms with Crippen LogP contribution in [-0.4, -0.2) is 18.6 Å². The van der Waals surface area contributed by atoms with Gasteiger partial charge in [0.05, 0.1) is 0 Å². The lowest BCUT2D eigenvalue weighted by Gasteiger charge is -2.15. The second kappa shape index (κ2) is 7.39. The van der Waals surface area contributed by atoms with Gasteiger partial charge in [-0.3, -0.25) is 4.79 Å². The van der Waals surface area contributed by atoms with Crippen molar-refractivity contribution in [3.8, 4) is 0 Å². The molecule has 0 aliphatic heterocycles. The van der Waals surface area contributed by atoms with Gasteiger partial charge in [0.25, 0.3) is 0 Å². The Balaban J connectivity index is 1.74. The summed E-state index contributed by atoms with van der Waals surface area (Å²) in [7, 11) is 0. The van der Waals surface area contributed by atoms with Gasteiger partial charge in [-0.2, -0.15) is 0 Å². The predicted octanol–water partition coefficient (Wildman–Crippen LogP) is 4.02. The summed E-state index contributed by atoms with van der Waals surface area (Å²) in [6.07, 6.45) is 6.96. The van der Waals surface area contributed by atoms with Gasteiger partial charge in [-0.05, 0) is 43.9 Å². The number of hydrogen-bond donors (Lipinski definition) is 1. The van der Waals surface area contributed by atoms with Gasteiger partial charge in [0.15, 0.2) is 0 Å². The molecule has 0 heterocycles. The molecule has 4 heteroatoms. The van der Waals surface area contributed by atoms with Crippen molar-refractivity contribution in [2.75, 3.05) is 11.9 Å². The Morgan fingerprint density at radius 2 is 2.00 bits per heavy atom. The number of ether oxygens (including phenoxy) is 1. The first-order valence-electron chi connectivity index (χ1n) is 6.93. The molecule has 0 spiro atoms. The van der Waals surface area contributed by atoms with Gasteiger partial charge >= 0.3 is 5.97 Å². The van der Waals surface area contributed by atoms with Crippen LogP contribution in [0, 0.1) is 0 Å². The number of halogens is 1. The average molecular weight is 282 g/mol. The van der Waals surface area contributed by atoms with Gasteiger partial charge in [0.2, 0.25) is 0 Å². The molecule has 1 N–H and O–H groups in total. The molecule has 1 aromatic rings. The minimum atomic E-state index is -0.188. The van der Waals surface area contributed by atoms with E-state index in [1.165, 1.54) is 25.7 Å². The highest BCUT2D eigenvalue weighted by Gasteiger charge is 2.16. The van der Waals surface area contributed by atoms with Crippen LogP contribution in [0.2, 0.25) is 5.02 Å². The van der Waals surface area contributed by atoms with E-state index >= 15 is 0 Å². The molecule has 0 bridgehead atoms. The Morgan fingerprint density at radius 1 is 1.26 bits per heavy atom. The SMILES string of the molecule is O=C(CNc1cccc(Cl)c1)OC1CCCCCC1. The molecule has 1 saturated carbocycles. The molecule has 0 unspecified atom stereocenters. The Bertz CT molecular complexity index is 414. The summed E-state index contributed by atoms with van der Waals surface area (Å²) in [5.74, 6) is -0.188. The minimum Gasteiger partial charge on any atom is -0.461 e. The Morgan fingerprint density at radius 3 is 2.68 bits per heavy atom. The third-order valence-corrected chi connectivity index (χ3v) is 3.60. The van der Waals surface area contributed by atoms with Gasteiger partial charge in [0, 0.05) is 10.7 Å². The molecular weight excluding hydrogens is 262 g/mol. The summed E-state index contributed by atoms with van der Waals surface area (Å²) in [6.45, 7) is 0.191. The van der Waals surface area contributed by atoms with Crippen LogP contribution in [0.4, 0.5) is 5.69 Å². The van der Waals surface area contributed by atoms with E-state index < -0.39 is 0 Å². The maximum atomic E-state index is 11.8. The highest BCUT2D eigenvalue weighted by Crippen LogP contribution is 2.20. The van der Waals surface area contributed by atoms with E-state index in [9.17, 15) is 4.79 Å². The number of carbonyl (C=O) groups is 1. The molecule has 1 aliphatic rings. The maximum Gasteiger partial charge on any atom is 0.325 e. The van der Waals surface area contributed by atoms with Crippen LogP contribution in [0.25, 0.3) is 0 Å². The number of rotatable bonds is 4. The normalized spacial score (nSPS) is 16.7. The quantitative estimate of drug-likeness (QED) is 0.669. The first-order chi connectivity index (χ1) is 9.24. The predicted molar refractivity (Wildman–Crippen MR) is 77.5 cm³/mol. The van der Waals surface area contributed by atoms with Crippen LogP contribution < -0.4 is 5.32 Å². The fourth-order valence-electron chi connectivity index (χ4n) is 2.36. The maximum absolute atomic E-state index is 11.8. The fraction of sp³-hybridized carbons (Fsp3) is 0.533. The van der Waals surface area contributed by atoms with Crippen LogP contribution in [0.15, 0.2) is 24.3 Å². The standard InChI is InChI=1S/C15H20ClNO2/c16-12-6-5-7-13(10-12)17-11-15(18)19-14-8-3-1-2-4-9-14/h5-7,10,14,17H,1-4,8-9,11H2. The van der Waals surface area contributed by atoms with Crippen LogP contribution in [0.3, 0.4) is 0 Å². The van der Waals surface area contributed by atoms with E-state index in [1.54, 1.807) is 12.1 Å². The first-order valence-corrected chi connectivity index (χ1v) is 7.31. The molecule has 0 atom stereocenters. The van der Waals surface area contributed by atoms with E-state index in [2.05, 4.69) is 5.32 Å². The highest BCUT2D eigenvalue weighted by molar-refractivity contribution is 6.30. The third-order valence-electron chi connectivity index (χ3n) is 3.36. The average Bonchev–Trinajstić information content (AvgIpc) is 2.65. The number of hydrogen-bond acceptors (Lipinski definition) is 3. The summed E-state index contributed by atoms with van der Waals surface area (Å²) in [5.41, 5.74) is 0.838. The van der Waals surface area contributed by atoms with E-state index in [4.69, 9.17) is 16.3 Å². The van der Waals surface area contributed by atoms with Crippen LogP contribution in [0.1, 0.15) is 38.5 Å². The Labute approximate surface area is 119 Å². The van der Waals surface area contributed by atoms with E-state index in [-0.39, 0.29) is 18.6 Å². The van der Waals surface area contributed by atoms with Crippen molar-refractivity contribution < 1.29 is 9.53 Å². The number of esters is 1. The smallest absolute Gasteiger partial charge is 0.325 e. The lowest BCUT2D eigenvalue weighted by Crippen LogP contribution is -2.23. The van der Waals surface area contributed by atoms with E-state index in [1.807, 2.05) is 12.1 Å². The van der Waals surface area contributed by atoms with Gasteiger partial charge < -0.3 is 10.1 Å². The van der Waals surface area contributed by atoms with Crippen molar-refractivity contribution in [1.29, 1.82) is 0 Å². The van der Waals surface area contributed by atoms with Crippen molar-refractivity contribution in [3.05, 3.63) is 29.3 Å². The summed E-state index contributed by atoms with van der Waals surface area (Å²) in [5, 5.41) is 3.69. The van der Waals surface area contributed by atoms with Crippen molar-refractivity contribution in [3.63, 3.8) is 0 Å². The minimum absolute atomic E-state index is 0.108. The highest BCUT2D eigenvalue weighted by atomic mass is 35.5. The lowest BCUT2D eigenvalue weighted by atomic mass is 10.1.